The van der Waals surface area contributed by atoms with Crippen molar-refractivity contribution in [1.29, 1.82) is 0 Å². The summed E-state index contributed by atoms with van der Waals surface area (Å²) in [5.41, 5.74) is 6.13. The van der Waals surface area contributed by atoms with E-state index in [0.29, 0.717) is 5.02 Å². The van der Waals surface area contributed by atoms with E-state index in [1.54, 1.807) is 30.4 Å². The third-order valence-corrected chi connectivity index (χ3v) is 3.17. The molecule has 1 aromatic rings. The number of rotatable bonds is 7. The quantitative estimate of drug-likeness (QED) is 0.716. The molecule has 0 bridgehead atoms. The molecule has 1 aromatic carbocycles. The Hall–Kier alpha value is -1.85. The van der Waals surface area contributed by atoms with E-state index in [1.807, 2.05) is 6.07 Å². The Balaban J connectivity index is 2.66. The summed E-state index contributed by atoms with van der Waals surface area (Å²) in [6, 6.07) is 5.98. The van der Waals surface area contributed by atoms with Crippen LogP contribution in [0.4, 0.5) is 0 Å². The molecule has 0 saturated carbocycles. The normalized spacial score (nSPS) is 14.1. The van der Waals surface area contributed by atoms with Crippen LogP contribution in [0.1, 0.15) is 18.4 Å². The molecule has 0 aliphatic rings. The zero-order valence-electron chi connectivity index (χ0n) is 10.7. The highest BCUT2D eigenvalue weighted by Gasteiger charge is 2.23. The highest BCUT2D eigenvalue weighted by atomic mass is 35.5. The molecular weight excluding hydrogens is 282 g/mol. The largest absolute Gasteiger partial charge is 0.481 e. The third-order valence-electron chi connectivity index (χ3n) is 2.83. The zero-order chi connectivity index (χ0) is 15.1. The van der Waals surface area contributed by atoms with Crippen molar-refractivity contribution in [3.8, 4) is 0 Å². The Kier molecular flexibility index (Phi) is 6.21. The van der Waals surface area contributed by atoms with Crippen molar-refractivity contribution in [1.82, 2.24) is 0 Å². The molecule has 0 aromatic heterocycles. The number of halogens is 1. The molecule has 0 spiro atoms. The Labute approximate surface area is 121 Å². The molecule has 2 atom stereocenters. The lowest BCUT2D eigenvalue weighted by Crippen LogP contribution is -2.34. The summed E-state index contributed by atoms with van der Waals surface area (Å²) in [5.74, 6) is -3.10. The molecule has 6 heteroatoms. The van der Waals surface area contributed by atoms with Crippen molar-refractivity contribution < 1.29 is 19.8 Å². The molecule has 108 valence electrons. The van der Waals surface area contributed by atoms with Gasteiger partial charge in [0, 0.05) is 5.02 Å². The number of hydrogen-bond acceptors (Lipinski definition) is 3. The number of hydrogen-bond donors (Lipinski definition) is 3. The molecule has 0 fully saturated rings. The smallest absolute Gasteiger partial charge is 0.320 e. The van der Waals surface area contributed by atoms with E-state index >= 15 is 0 Å². The minimum absolute atomic E-state index is 0.114. The number of allylic oxidation sites excluding steroid dienone is 1. The first-order chi connectivity index (χ1) is 9.41. The second-order valence-corrected chi connectivity index (χ2v) is 4.78. The van der Waals surface area contributed by atoms with Crippen molar-refractivity contribution in [2.75, 3.05) is 0 Å². The molecule has 0 saturated heterocycles. The molecule has 0 aliphatic carbocycles. The summed E-state index contributed by atoms with van der Waals surface area (Å²) in [4.78, 5) is 21.7. The minimum atomic E-state index is -1.20. The third kappa shape index (κ3) is 5.03. The number of carbonyl (C=O) groups is 2. The van der Waals surface area contributed by atoms with Crippen LogP contribution < -0.4 is 5.73 Å². The van der Waals surface area contributed by atoms with Gasteiger partial charge in [-0.25, -0.2) is 0 Å². The van der Waals surface area contributed by atoms with Gasteiger partial charge >= 0.3 is 11.9 Å². The summed E-state index contributed by atoms with van der Waals surface area (Å²) in [5, 5.41) is 18.3. The maximum atomic E-state index is 11.1. The Morgan fingerprint density at radius 2 is 1.90 bits per heavy atom. The van der Waals surface area contributed by atoms with Gasteiger partial charge < -0.3 is 15.9 Å². The minimum Gasteiger partial charge on any atom is -0.481 e. The van der Waals surface area contributed by atoms with Crippen LogP contribution >= 0.6 is 11.6 Å². The van der Waals surface area contributed by atoms with Crippen LogP contribution in [0, 0.1) is 5.92 Å². The standard InChI is InChI=1S/C14H16ClNO4/c15-11-7-2-1-4-9(11)5-3-6-10(13(17)18)8-12(16)14(19)20/h1-5,7,10,12H,6,8,16H2,(H,17,18)(H,19,20)/b5-3+/t10-,12+/m1/s1. The molecule has 0 unspecified atom stereocenters. The highest BCUT2D eigenvalue weighted by Crippen LogP contribution is 2.18. The van der Waals surface area contributed by atoms with Gasteiger partial charge in [-0.1, -0.05) is 42.0 Å². The summed E-state index contributed by atoms with van der Waals surface area (Å²) in [7, 11) is 0. The summed E-state index contributed by atoms with van der Waals surface area (Å²) < 4.78 is 0. The molecule has 20 heavy (non-hydrogen) atoms. The molecule has 0 heterocycles. The predicted octanol–water partition coefficient (Wildman–Crippen LogP) is 2.25. The van der Waals surface area contributed by atoms with Gasteiger partial charge in [0.2, 0.25) is 0 Å². The van der Waals surface area contributed by atoms with Crippen molar-refractivity contribution in [2.24, 2.45) is 11.7 Å². The average Bonchev–Trinajstić information content (AvgIpc) is 2.39. The first-order valence-electron chi connectivity index (χ1n) is 6.04. The molecule has 0 aliphatic heterocycles. The van der Waals surface area contributed by atoms with Crippen molar-refractivity contribution in [2.45, 2.75) is 18.9 Å². The van der Waals surface area contributed by atoms with E-state index in [2.05, 4.69) is 0 Å². The fourth-order valence-corrected chi connectivity index (χ4v) is 1.87. The van der Waals surface area contributed by atoms with Crippen LogP contribution in [0.15, 0.2) is 30.3 Å². The summed E-state index contributed by atoms with van der Waals surface area (Å²) >= 11 is 5.96. The lowest BCUT2D eigenvalue weighted by molar-refractivity contribution is -0.143. The Morgan fingerprint density at radius 3 is 2.45 bits per heavy atom. The van der Waals surface area contributed by atoms with Gasteiger partial charge in [-0.3, -0.25) is 9.59 Å². The van der Waals surface area contributed by atoms with E-state index in [4.69, 9.17) is 27.5 Å². The van der Waals surface area contributed by atoms with Gasteiger partial charge in [0.15, 0.2) is 0 Å². The number of nitrogens with two attached hydrogens (primary N) is 1. The van der Waals surface area contributed by atoms with Gasteiger partial charge in [-0.05, 0) is 24.5 Å². The van der Waals surface area contributed by atoms with Crippen LogP contribution in [0.5, 0.6) is 0 Å². The van der Waals surface area contributed by atoms with Crippen molar-refractivity contribution in [3.05, 3.63) is 40.9 Å². The second-order valence-electron chi connectivity index (χ2n) is 4.38. The maximum Gasteiger partial charge on any atom is 0.320 e. The fourth-order valence-electron chi connectivity index (χ4n) is 1.67. The van der Waals surface area contributed by atoms with Crippen molar-refractivity contribution in [3.63, 3.8) is 0 Å². The summed E-state index contributed by atoms with van der Waals surface area (Å²) in [6.45, 7) is 0. The number of aliphatic carboxylic acids is 2. The zero-order valence-corrected chi connectivity index (χ0v) is 11.5. The fraction of sp³-hybridized carbons (Fsp3) is 0.286. The predicted molar refractivity (Wildman–Crippen MR) is 76.5 cm³/mol. The van der Waals surface area contributed by atoms with E-state index in [0.717, 1.165) is 5.56 Å². The van der Waals surface area contributed by atoms with E-state index in [1.165, 1.54) is 0 Å². The number of carboxylic acids is 2. The topological polar surface area (TPSA) is 101 Å². The lowest BCUT2D eigenvalue weighted by Gasteiger charge is -2.12. The van der Waals surface area contributed by atoms with Gasteiger partial charge in [-0.2, -0.15) is 0 Å². The van der Waals surface area contributed by atoms with Crippen LogP contribution in [0.2, 0.25) is 5.02 Å². The number of benzene rings is 1. The summed E-state index contributed by atoms with van der Waals surface area (Å²) in [6.07, 6.45) is 3.46. The molecule has 1 rings (SSSR count). The van der Waals surface area contributed by atoms with Gasteiger partial charge in [0.25, 0.3) is 0 Å². The molecule has 4 N–H and O–H groups in total. The van der Waals surface area contributed by atoms with Crippen LogP contribution in [0.3, 0.4) is 0 Å². The molecule has 0 amide bonds. The van der Waals surface area contributed by atoms with E-state index < -0.39 is 23.9 Å². The van der Waals surface area contributed by atoms with Crippen molar-refractivity contribution >= 4 is 29.6 Å². The first-order valence-corrected chi connectivity index (χ1v) is 6.42. The Morgan fingerprint density at radius 1 is 1.25 bits per heavy atom. The lowest BCUT2D eigenvalue weighted by atomic mass is 9.96. The first kappa shape index (κ1) is 16.2. The second kappa shape index (κ2) is 7.67. The van der Waals surface area contributed by atoms with Crippen LogP contribution in [0.25, 0.3) is 6.08 Å². The Bertz CT molecular complexity index is 516. The molecule has 5 nitrogen and oxygen atoms in total. The van der Waals surface area contributed by atoms with Gasteiger partial charge in [0.05, 0.1) is 5.92 Å². The van der Waals surface area contributed by atoms with Crippen LogP contribution in [-0.2, 0) is 9.59 Å². The maximum absolute atomic E-state index is 11.1. The number of carboxylic acid groups (broad SMARTS) is 2. The van der Waals surface area contributed by atoms with E-state index in [9.17, 15) is 9.59 Å². The highest BCUT2D eigenvalue weighted by molar-refractivity contribution is 6.32. The van der Waals surface area contributed by atoms with Gasteiger partial charge in [0.1, 0.15) is 6.04 Å². The van der Waals surface area contributed by atoms with Crippen LogP contribution in [-0.4, -0.2) is 28.2 Å². The van der Waals surface area contributed by atoms with Gasteiger partial charge in [-0.15, -0.1) is 0 Å². The molecular formula is C14H16ClNO4. The van der Waals surface area contributed by atoms with E-state index in [-0.39, 0.29) is 12.8 Å². The SMILES string of the molecule is N[C@@H](C[C@@H](C/C=C/c1ccccc1Cl)C(=O)O)C(=O)O. The monoisotopic (exact) mass is 297 g/mol. The average molecular weight is 298 g/mol. The molecule has 0 radical (unpaired) electrons.